The third kappa shape index (κ3) is 2.52. The molecule has 0 spiro atoms. The molecule has 0 aromatic heterocycles. The Morgan fingerprint density at radius 1 is 0.864 bits per heavy atom. The minimum atomic E-state index is -0.514. The van der Waals surface area contributed by atoms with Gasteiger partial charge >= 0.3 is 0 Å². The molecule has 0 aliphatic carbocycles. The van der Waals surface area contributed by atoms with E-state index in [9.17, 15) is 0 Å². The van der Waals surface area contributed by atoms with E-state index in [1.54, 1.807) is 0 Å². The van der Waals surface area contributed by atoms with E-state index in [2.05, 4.69) is 61.5 Å². The number of rotatable bonds is 4. The average molecular weight is 290 g/mol. The number of benzene rings is 3. The Morgan fingerprint density at radius 3 is 2.23 bits per heavy atom. The van der Waals surface area contributed by atoms with Crippen LogP contribution >= 0.6 is 0 Å². The van der Waals surface area contributed by atoms with E-state index in [4.69, 9.17) is 11.5 Å². The molecule has 0 radical (unpaired) electrons. The molecule has 0 aliphatic heterocycles. The van der Waals surface area contributed by atoms with Crippen LogP contribution in [0.3, 0.4) is 0 Å². The predicted octanol–water partition coefficient (Wildman–Crippen LogP) is 3.76. The first-order chi connectivity index (χ1) is 10.6. The van der Waals surface area contributed by atoms with Crippen molar-refractivity contribution in [2.24, 2.45) is 11.5 Å². The van der Waals surface area contributed by atoms with Crippen LogP contribution in [0.15, 0.2) is 72.8 Å². The highest BCUT2D eigenvalue weighted by Crippen LogP contribution is 2.37. The first-order valence-corrected chi connectivity index (χ1v) is 7.66. The van der Waals surface area contributed by atoms with Crippen LogP contribution in [-0.4, -0.2) is 6.54 Å². The number of nitrogens with two attached hydrogens (primary N) is 2. The van der Waals surface area contributed by atoms with E-state index >= 15 is 0 Å². The van der Waals surface area contributed by atoms with Gasteiger partial charge in [0, 0.05) is 18.0 Å². The first-order valence-electron chi connectivity index (χ1n) is 7.66. The van der Waals surface area contributed by atoms with Crippen molar-refractivity contribution in [2.45, 2.75) is 18.4 Å². The van der Waals surface area contributed by atoms with Gasteiger partial charge in [-0.25, -0.2) is 0 Å². The number of fused-ring (bicyclic) bond motifs is 1. The molecule has 3 aromatic carbocycles. The van der Waals surface area contributed by atoms with Crippen LogP contribution in [0.25, 0.3) is 10.8 Å². The second-order valence-corrected chi connectivity index (χ2v) is 6.01. The molecule has 0 heterocycles. The van der Waals surface area contributed by atoms with Gasteiger partial charge in [0.2, 0.25) is 0 Å². The summed E-state index contributed by atoms with van der Waals surface area (Å²) in [5.41, 5.74) is 14.7. The molecule has 22 heavy (non-hydrogen) atoms. The van der Waals surface area contributed by atoms with Gasteiger partial charge in [-0.2, -0.15) is 0 Å². The van der Waals surface area contributed by atoms with Crippen LogP contribution in [0.2, 0.25) is 0 Å². The summed E-state index contributed by atoms with van der Waals surface area (Å²) in [5.74, 6) is 0.0565. The minimum Gasteiger partial charge on any atom is -0.330 e. The van der Waals surface area contributed by atoms with Crippen molar-refractivity contribution >= 4 is 10.8 Å². The Morgan fingerprint density at radius 2 is 1.50 bits per heavy atom. The van der Waals surface area contributed by atoms with Crippen molar-refractivity contribution in [3.8, 4) is 0 Å². The molecular weight excluding hydrogens is 268 g/mol. The van der Waals surface area contributed by atoms with E-state index in [0.29, 0.717) is 6.54 Å². The molecule has 0 saturated heterocycles. The van der Waals surface area contributed by atoms with Gasteiger partial charge in [0.25, 0.3) is 0 Å². The van der Waals surface area contributed by atoms with Crippen molar-refractivity contribution < 1.29 is 0 Å². The smallest absolute Gasteiger partial charge is 0.0462 e. The zero-order chi connectivity index (χ0) is 15.6. The molecule has 2 atom stereocenters. The minimum absolute atomic E-state index is 0.0565. The molecule has 4 N–H and O–H groups in total. The highest BCUT2D eigenvalue weighted by molar-refractivity contribution is 5.86. The molecule has 2 nitrogen and oxygen atoms in total. The van der Waals surface area contributed by atoms with E-state index < -0.39 is 5.54 Å². The molecule has 0 aliphatic rings. The maximum Gasteiger partial charge on any atom is 0.0462 e. The van der Waals surface area contributed by atoms with Crippen LogP contribution in [0, 0.1) is 0 Å². The van der Waals surface area contributed by atoms with Gasteiger partial charge in [0.1, 0.15) is 0 Å². The number of hydrogen-bond acceptors (Lipinski definition) is 2. The topological polar surface area (TPSA) is 52.0 Å². The standard InChI is InChI=1S/C20H22N2/c1-20(22,16-10-3-2-4-11-16)19(14-21)18-13-7-9-15-8-5-6-12-17(15)18/h2-13,19H,14,21-22H2,1H3. The van der Waals surface area contributed by atoms with Gasteiger partial charge in [-0.05, 0) is 28.8 Å². The molecule has 0 fully saturated rings. The fraction of sp³-hybridized carbons (Fsp3) is 0.200. The lowest BCUT2D eigenvalue weighted by atomic mass is 9.75. The van der Waals surface area contributed by atoms with Gasteiger partial charge in [0.15, 0.2) is 0 Å². The fourth-order valence-corrected chi connectivity index (χ4v) is 3.25. The lowest BCUT2D eigenvalue weighted by Crippen LogP contribution is -2.43. The summed E-state index contributed by atoms with van der Waals surface area (Å²) in [5, 5.41) is 2.45. The molecule has 0 bridgehead atoms. The van der Waals surface area contributed by atoms with Gasteiger partial charge in [-0.3, -0.25) is 0 Å². The predicted molar refractivity (Wildman–Crippen MR) is 93.7 cm³/mol. The van der Waals surface area contributed by atoms with Gasteiger partial charge < -0.3 is 11.5 Å². The summed E-state index contributed by atoms with van der Waals surface area (Å²) < 4.78 is 0. The first kappa shape index (κ1) is 14.8. The van der Waals surface area contributed by atoms with E-state index in [1.165, 1.54) is 16.3 Å². The summed E-state index contributed by atoms with van der Waals surface area (Å²) in [4.78, 5) is 0. The Hall–Kier alpha value is -2.16. The van der Waals surface area contributed by atoms with E-state index in [0.717, 1.165) is 5.56 Å². The van der Waals surface area contributed by atoms with Gasteiger partial charge in [-0.15, -0.1) is 0 Å². The molecule has 112 valence electrons. The van der Waals surface area contributed by atoms with Crippen LogP contribution in [0.5, 0.6) is 0 Å². The van der Waals surface area contributed by atoms with Gasteiger partial charge in [-0.1, -0.05) is 72.8 Å². The second kappa shape index (κ2) is 5.91. The van der Waals surface area contributed by atoms with Crippen LogP contribution in [0.4, 0.5) is 0 Å². The third-order valence-corrected chi connectivity index (χ3v) is 4.55. The molecule has 2 heteroatoms. The zero-order valence-corrected chi connectivity index (χ0v) is 12.9. The molecule has 0 saturated carbocycles. The number of hydrogen-bond donors (Lipinski definition) is 2. The van der Waals surface area contributed by atoms with Crippen LogP contribution in [-0.2, 0) is 5.54 Å². The van der Waals surface area contributed by atoms with Crippen molar-refractivity contribution in [1.82, 2.24) is 0 Å². The van der Waals surface area contributed by atoms with Crippen molar-refractivity contribution in [3.05, 3.63) is 83.9 Å². The maximum absolute atomic E-state index is 6.74. The highest BCUT2D eigenvalue weighted by Gasteiger charge is 2.32. The van der Waals surface area contributed by atoms with Crippen molar-refractivity contribution in [3.63, 3.8) is 0 Å². The third-order valence-electron chi connectivity index (χ3n) is 4.55. The quantitative estimate of drug-likeness (QED) is 0.768. The second-order valence-electron chi connectivity index (χ2n) is 6.01. The maximum atomic E-state index is 6.74. The molecular formula is C20H22N2. The normalized spacial score (nSPS) is 15.4. The fourth-order valence-electron chi connectivity index (χ4n) is 3.25. The summed E-state index contributed by atoms with van der Waals surface area (Å²) >= 11 is 0. The summed E-state index contributed by atoms with van der Waals surface area (Å²) in [6, 6.07) is 25.0. The Kier molecular flexibility index (Phi) is 3.97. The summed E-state index contributed by atoms with van der Waals surface area (Å²) in [6.45, 7) is 2.58. The highest BCUT2D eigenvalue weighted by atomic mass is 14.8. The molecule has 2 unspecified atom stereocenters. The average Bonchev–Trinajstić information content (AvgIpc) is 2.56. The molecule has 3 rings (SSSR count). The lowest BCUT2D eigenvalue weighted by Gasteiger charge is -2.35. The Bertz CT molecular complexity index is 758. The monoisotopic (exact) mass is 290 g/mol. The SMILES string of the molecule is CC(N)(c1ccccc1)C(CN)c1cccc2ccccc12. The van der Waals surface area contributed by atoms with Gasteiger partial charge in [0.05, 0.1) is 0 Å². The van der Waals surface area contributed by atoms with Crippen LogP contribution < -0.4 is 11.5 Å². The van der Waals surface area contributed by atoms with E-state index in [1.807, 2.05) is 18.2 Å². The molecule has 3 aromatic rings. The van der Waals surface area contributed by atoms with E-state index in [-0.39, 0.29) is 5.92 Å². The largest absolute Gasteiger partial charge is 0.330 e. The summed E-state index contributed by atoms with van der Waals surface area (Å²) in [6.07, 6.45) is 0. The van der Waals surface area contributed by atoms with Crippen molar-refractivity contribution in [2.75, 3.05) is 6.54 Å². The Balaban J connectivity index is 2.14. The Labute approximate surface area is 131 Å². The van der Waals surface area contributed by atoms with Crippen LogP contribution in [0.1, 0.15) is 24.0 Å². The van der Waals surface area contributed by atoms with Crippen molar-refractivity contribution in [1.29, 1.82) is 0 Å². The zero-order valence-electron chi connectivity index (χ0n) is 12.9. The summed E-state index contributed by atoms with van der Waals surface area (Å²) in [7, 11) is 0. The lowest BCUT2D eigenvalue weighted by molar-refractivity contribution is 0.396. The molecule has 0 amide bonds.